The van der Waals surface area contributed by atoms with Crippen LogP contribution in [0.4, 0.5) is 0 Å². The number of nitrogens with two attached hydrogens (primary N) is 1. The van der Waals surface area contributed by atoms with E-state index in [0.29, 0.717) is 0 Å². The molecule has 1 aromatic rings. The molecule has 0 aliphatic heterocycles. The average molecular weight is 229 g/mol. The molecule has 1 nitrogen and oxygen atoms in total. The topological polar surface area (TPSA) is 26.0 Å². The molecule has 92 valence electrons. The van der Waals surface area contributed by atoms with E-state index < -0.39 is 0 Å². The highest BCUT2D eigenvalue weighted by atomic mass is 14.6. The van der Waals surface area contributed by atoms with Gasteiger partial charge in [-0.25, -0.2) is 0 Å². The van der Waals surface area contributed by atoms with Crippen LogP contribution in [0.1, 0.15) is 54.8 Å². The molecule has 2 rings (SSSR count). The van der Waals surface area contributed by atoms with Crippen molar-refractivity contribution in [3.05, 3.63) is 46.5 Å². The molecule has 1 atom stereocenters. The fourth-order valence-electron chi connectivity index (χ4n) is 2.71. The summed E-state index contributed by atoms with van der Waals surface area (Å²) in [5.41, 5.74) is 11.8. The van der Waals surface area contributed by atoms with Crippen molar-refractivity contribution in [2.45, 2.75) is 52.0 Å². The predicted molar refractivity (Wildman–Crippen MR) is 74.0 cm³/mol. The van der Waals surface area contributed by atoms with E-state index in [-0.39, 0.29) is 6.04 Å². The molecule has 2 N–H and O–H groups in total. The molecule has 0 amide bonds. The van der Waals surface area contributed by atoms with Gasteiger partial charge in [-0.2, -0.15) is 0 Å². The number of allylic oxidation sites excluding steroid dienone is 1. The minimum absolute atomic E-state index is 0.165. The first-order valence-corrected chi connectivity index (χ1v) is 6.67. The van der Waals surface area contributed by atoms with Crippen LogP contribution in [0.2, 0.25) is 0 Å². The molecule has 0 radical (unpaired) electrons. The smallest absolute Gasteiger partial charge is 0.0332 e. The largest absolute Gasteiger partial charge is 0.324 e. The molecular weight excluding hydrogens is 206 g/mol. The summed E-state index contributed by atoms with van der Waals surface area (Å²) in [7, 11) is 0. The zero-order valence-corrected chi connectivity index (χ0v) is 11.0. The molecule has 0 saturated carbocycles. The lowest BCUT2D eigenvalue weighted by molar-refractivity contribution is 0.628. The van der Waals surface area contributed by atoms with Crippen molar-refractivity contribution in [3.8, 4) is 0 Å². The van der Waals surface area contributed by atoms with Gasteiger partial charge in [0.15, 0.2) is 0 Å². The van der Waals surface area contributed by atoms with Gasteiger partial charge in [-0.15, -0.1) is 0 Å². The highest BCUT2D eigenvalue weighted by Crippen LogP contribution is 2.27. The third-order valence-corrected chi connectivity index (χ3v) is 3.54. The molecule has 1 aliphatic rings. The maximum absolute atomic E-state index is 6.32. The van der Waals surface area contributed by atoms with Crippen molar-refractivity contribution in [1.29, 1.82) is 0 Å². The van der Waals surface area contributed by atoms with Gasteiger partial charge in [0.25, 0.3) is 0 Å². The van der Waals surface area contributed by atoms with Crippen molar-refractivity contribution in [1.82, 2.24) is 0 Å². The first-order chi connectivity index (χ1) is 8.15. The summed E-state index contributed by atoms with van der Waals surface area (Å²) in [6.45, 7) is 4.28. The minimum atomic E-state index is 0.165. The van der Waals surface area contributed by atoms with E-state index in [2.05, 4.69) is 38.1 Å². The van der Waals surface area contributed by atoms with Crippen LogP contribution < -0.4 is 5.73 Å². The summed E-state index contributed by atoms with van der Waals surface area (Å²) in [6.07, 6.45) is 8.61. The molecule has 1 aromatic carbocycles. The molecule has 0 spiro atoms. The van der Waals surface area contributed by atoms with Gasteiger partial charge < -0.3 is 5.73 Å². The summed E-state index contributed by atoms with van der Waals surface area (Å²) in [6, 6.07) is 6.82. The van der Waals surface area contributed by atoms with Crippen LogP contribution in [0, 0.1) is 13.8 Å². The van der Waals surface area contributed by atoms with Crippen molar-refractivity contribution < 1.29 is 0 Å². The number of rotatable bonds is 3. The SMILES string of the molecule is Cc1cc(C)cc(C(N)CC2=CCCCC2)c1. The Morgan fingerprint density at radius 2 is 1.82 bits per heavy atom. The molecule has 1 aliphatic carbocycles. The second-order valence-corrected chi connectivity index (χ2v) is 5.34. The lowest BCUT2D eigenvalue weighted by atomic mass is 9.91. The molecule has 0 aromatic heterocycles. The molecule has 1 heteroatoms. The van der Waals surface area contributed by atoms with E-state index in [1.165, 1.54) is 42.4 Å². The summed E-state index contributed by atoms with van der Waals surface area (Å²) in [5.74, 6) is 0. The lowest BCUT2D eigenvalue weighted by Crippen LogP contribution is -2.12. The molecule has 0 fully saturated rings. The van der Waals surface area contributed by atoms with E-state index in [1.54, 1.807) is 5.57 Å². The molecule has 0 bridgehead atoms. The molecule has 17 heavy (non-hydrogen) atoms. The van der Waals surface area contributed by atoms with Crippen LogP contribution in [-0.4, -0.2) is 0 Å². The summed E-state index contributed by atoms with van der Waals surface area (Å²) >= 11 is 0. The van der Waals surface area contributed by atoms with Gasteiger partial charge in [-0.05, 0) is 51.5 Å². The van der Waals surface area contributed by atoms with Crippen LogP contribution in [0.3, 0.4) is 0 Å². The Balaban J connectivity index is 2.08. The molecule has 0 heterocycles. The van der Waals surface area contributed by atoms with Crippen LogP contribution in [-0.2, 0) is 0 Å². The van der Waals surface area contributed by atoms with Crippen LogP contribution in [0.25, 0.3) is 0 Å². The van der Waals surface area contributed by atoms with Gasteiger partial charge >= 0.3 is 0 Å². The second-order valence-electron chi connectivity index (χ2n) is 5.34. The number of benzene rings is 1. The molecule has 1 unspecified atom stereocenters. The Morgan fingerprint density at radius 3 is 2.41 bits per heavy atom. The van der Waals surface area contributed by atoms with E-state index in [9.17, 15) is 0 Å². The monoisotopic (exact) mass is 229 g/mol. The van der Waals surface area contributed by atoms with Crippen molar-refractivity contribution in [2.75, 3.05) is 0 Å². The highest BCUT2D eigenvalue weighted by molar-refractivity contribution is 5.31. The standard InChI is InChI=1S/C16H23N/c1-12-8-13(2)10-15(9-12)16(17)11-14-6-4-3-5-7-14/h6,8-10,16H,3-5,7,11,17H2,1-2H3. The number of aryl methyl sites for hydroxylation is 2. The highest BCUT2D eigenvalue weighted by Gasteiger charge is 2.11. The van der Waals surface area contributed by atoms with E-state index >= 15 is 0 Å². The minimum Gasteiger partial charge on any atom is -0.324 e. The van der Waals surface area contributed by atoms with Crippen molar-refractivity contribution in [2.24, 2.45) is 5.73 Å². The van der Waals surface area contributed by atoms with E-state index in [4.69, 9.17) is 5.73 Å². The van der Waals surface area contributed by atoms with Crippen molar-refractivity contribution in [3.63, 3.8) is 0 Å². The van der Waals surface area contributed by atoms with E-state index in [0.717, 1.165) is 6.42 Å². The number of hydrogen-bond acceptors (Lipinski definition) is 1. The quantitative estimate of drug-likeness (QED) is 0.773. The Hall–Kier alpha value is -1.08. The normalized spacial score (nSPS) is 17.7. The first kappa shape index (κ1) is 12.4. The fraction of sp³-hybridized carbons (Fsp3) is 0.500. The van der Waals surface area contributed by atoms with Gasteiger partial charge in [-0.1, -0.05) is 41.0 Å². The third-order valence-electron chi connectivity index (χ3n) is 3.54. The van der Waals surface area contributed by atoms with Gasteiger partial charge in [-0.3, -0.25) is 0 Å². The Kier molecular flexibility index (Phi) is 4.01. The summed E-state index contributed by atoms with van der Waals surface area (Å²) in [5, 5.41) is 0. The molecular formula is C16H23N. The van der Waals surface area contributed by atoms with Gasteiger partial charge in [0, 0.05) is 6.04 Å². The Bertz CT molecular complexity index is 397. The average Bonchev–Trinajstić information content (AvgIpc) is 2.29. The van der Waals surface area contributed by atoms with Gasteiger partial charge in [0.2, 0.25) is 0 Å². The van der Waals surface area contributed by atoms with Crippen LogP contribution >= 0.6 is 0 Å². The third kappa shape index (κ3) is 3.44. The lowest BCUT2D eigenvalue weighted by Gasteiger charge is -2.18. The van der Waals surface area contributed by atoms with Gasteiger partial charge in [0.1, 0.15) is 0 Å². The molecule has 0 saturated heterocycles. The summed E-state index contributed by atoms with van der Waals surface area (Å²) < 4.78 is 0. The first-order valence-electron chi connectivity index (χ1n) is 6.67. The van der Waals surface area contributed by atoms with Gasteiger partial charge in [0.05, 0.1) is 0 Å². The second kappa shape index (κ2) is 5.50. The fourth-order valence-corrected chi connectivity index (χ4v) is 2.71. The maximum Gasteiger partial charge on any atom is 0.0332 e. The zero-order valence-electron chi connectivity index (χ0n) is 11.0. The number of hydrogen-bond donors (Lipinski definition) is 1. The Labute approximate surface area is 105 Å². The Morgan fingerprint density at radius 1 is 1.12 bits per heavy atom. The zero-order chi connectivity index (χ0) is 12.3. The summed E-state index contributed by atoms with van der Waals surface area (Å²) in [4.78, 5) is 0. The van der Waals surface area contributed by atoms with Crippen LogP contribution in [0.5, 0.6) is 0 Å². The predicted octanol–water partition coefficient (Wildman–Crippen LogP) is 4.19. The van der Waals surface area contributed by atoms with E-state index in [1.807, 2.05) is 0 Å². The van der Waals surface area contributed by atoms with Crippen LogP contribution in [0.15, 0.2) is 29.8 Å². The maximum atomic E-state index is 6.32. The van der Waals surface area contributed by atoms with Crippen molar-refractivity contribution >= 4 is 0 Å².